The number of amides is 1. The highest BCUT2D eigenvalue weighted by Crippen LogP contribution is 2.36. The van der Waals surface area contributed by atoms with Gasteiger partial charge in [-0.2, -0.15) is 13.2 Å². The summed E-state index contributed by atoms with van der Waals surface area (Å²) >= 11 is 5.17. The molecule has 1 heterocycles. The summed E-state index contributed by atoms with van der Waals surface area (Å²) in [4.78, 5) is 14.4. The first-order chi connectivity index (χ1) is 13.8. The number of carbonyl (C=O) groups excluding carboxylic acids is 1. The summed E-state index contributed by atoms with van der Waals surface area (Å²) in [6.45, 7) is 1.51. The van der Waals surface area contributed by atoms with E-state index < -0.39 is 17.6 Å². The molecule has 29 heavy (non-hydrogen) atoms. The lowest BCUT2D eigenvalue weighted by atomic mass is 10.1. The SMILES string of the molecule is COc1cccc(C(=O)NC(=S)Nc2cc(C(F)(F)F)ccc2N2CCCC2)c1. The highest BCUT2D eigenvalue weighted by molar-refractivity contribution is 7.80. The van der Waals surface area contributed by atoms with Gasteiger partial charge in [0.2, 0.25) is 0 Å². The number of anilines is 2. The molecule has 0 spiro atoms. The van der Waals surface area contributed by atoms with Crippen LogP contribution in [0.3, 0.4) is 0 Å². The van der Waals surface area contributed by atoms with Crippen LogP contribution < -0.4 is 20.3 Å². The summed E-state index contributed by atoms with van der Waals surface area (Å²) in [6, 6.07) is 9.97. The Morgan fingerprint density at radius 2 is 1.86 bits per heavy atom. The van der Waals surface area contributed by atoms with Gasteiger partial charge < -0.3 is 15.0 Å². The first kappa shape index (κ1) is 20.9. The summed E-state index contributed by atoms with van der Waals surface area (Å²) in [5, 5.41) is 5.17. The van der Waals surface area contributed by atoms with Gasteiger partial charge in [-0.25, -0.2) is 0 Å². The van der Waals surface area contributed by atoms with Crippen LogP contribution in [0.2, 0.25) is 0 Å². The van der Waals surface area contributed by atoms with E-state index in [9.17, 15) is 18.0 Å². The average Bonchev–Trinajstić information content (AvgIpc) is 3.21. The average molecular weight is 423 g/mol. The van der Waals surface area contributed by atoms with Gasteiger partial charge >= 0.3 is 6.18 Å². The minimum atomic E-state index is -4.48. The van der Waals surface area contributed by atoms with Crippen LogP contribution in [-0.2, 0) is 6.18 Å². The van der Waals surface area contributed by atoms with Crippen molar-refractivity contribution in [1.29, 1.82) is 0 Å². The fourth-order valence-electron chi connectivity index (χ4n) is 3.14. The molecule has 9 heteroatoms. The smallest absolute Gasteiger partial charge is 0.416 e. The molecular weight excluding hydrogens is 403 g/mol. The van der Waals surface area contributed by atoms with Crippen molar-refractivity contribution in [3.05, 3.63) is 53.6 Å². The van der Waals surface area contributed by atoms with Crippen molar-refractivity contribution in [3.8, 4) is 5.75 Å². The Bertz CT molecular complexity index is 912. The summed E-state index contributed by atoms with van der Waals surface area (Å²) in [7, 11) is 1.48. The molecule has 154 valence electrons. The molecule has 2 N–H and O–H groups in total. The molecule has 1 aliphatic heterocycles. The predicted molar refractivity (Wildman–Crippen MR) is 110 cm³/mol. The Balaban J connectivity index is 1.79. The maximum atomic E-state index is 13.2. The fraction of sp³-hybridized carbons (Fsp3) is 0.300. The van der Waals surface area contributed by atoms with Gasteiger partial charge in [0.25, 0.3) is 5.91 Å². The van der Waals surface area contributed by atoms with E-state index >= 15 is 0 Å². The third-order valence-electron chi connectivity index (χ3n) is 4.58. The molecule has 1 fully saturated rings. The quantitative estimate of drug-likeness (QED) is 0.712. The van der Waals surface area contributed by atoms with E-state index in [0.717, 1.165) is 38.1 Å². The highest BCUT2D eigenvalue weighted by atomic mass is 32.1. The number of halogens is 3. The van der Waals surface area contributed by atoms with E-state index in [1.807, 2.05) is 4.90 Å². The van der Waals surface area contributed by atoms with Crippen molar-refractivity contribution in [3.63, 3.8) is 0 Å². The number of hydrogen-bond donors (Lipinski definition) is 2. The van der Waals surface area contributed by atoms with Gasteiger partial charge in [0.1, 0.15) is 5.75 Å². The van der Waals surface area contributed by atoms with Gasteiger partial charge in [0.05, 0.1) is 24.0 Å². The second-order valence-corrected chi connectivity index (χ2v) is 6.97. The Morgan fingerprint density at radius 3 is 2.52 bits per heavy atom. The van der Waals surface area contributed by atoms with Crippen LogP contribution in [-0.4, -0.2) is 31.2 Å². The zero-order valence-corrected chi connectivity index (χ0v) is 16.5. The molecule has 1 amide bonds. The maximum Gasteiger partial charge on any atom is 0.416 e. The third-order valence-corrected chi connectivity index (χ3v) is 4.78. The molecule has 5 nitrogen and oxygen atoms in total. The molecule has 0 aliphatic carbocycles. The first-order valence-electron chi connectivity index (χ1n) is 9.00. The van der Waals surface area contributed by atoms with Crippen molar-refractivity contribution in [2.45, 2.75) is 19.0 Å². The molecule has 0 saturated carbocycles. The van der Waals surface area contributed by atoms with E-state index in [4.69, 9.17) is 17.0 Å². The lowest BCUT2D eigenvalue weighted by Gasteiger charge is -2.23. The van der Waals surface area contributed by atoms with E-state index in [0.29, 0.717) is 17.0 Å². The molecule has 0 atom stereocenters. The maximum absolute atomic E-state index is 13.2. The number of rotatable bonds is 4. The summed E-state index contributed by atoms with van der Waals surface area (Å²) in [6.07, 6.45) is -2.54. The van der Waals surface area contributed by atoms with E-state index in [2.05, 4.69) is 10.6 Å². The minimum absolute atomic E-state index is 0.0856. The van der Waals surface area contributed by atoms with Gasteiger partial charge in [-0.05, 0) is 61.5 Å². The van der Waals surface area contributed by atoms with E-state index in [1.165, 1.54) is 19.2 Å². The number of nitrogens with one attached hydrogen (secondary N) is 2. The van der Waals surface area contributed by atoms with Crippen LogP contribution >= 0.6 is 12.2 Å². The first-order valence-corrected chi connectivity index (χ1v) is 9.41. The highest BCUT2D eigenvalue weighted by Gasteiger charge is 2.32. The van der Waals surface area contributed by atoms with Crippen molar-refractivity contribution in [2.75, 3.05) is 30.4 Å². The zero-order valence-electron chi connectivity index (χ0n) is 15.7. The Kier molecular flexibility index (Phi) is 6.26. The van der Waals surface area contributed by atoms with Crippen LogP contribution in [0.25, 0.3) is 0 Å². The molecule has 1 saturated heterocycles. The van der Waals surface area contributed by atoms with Crippen molar-refractivity contribution in [1.82, 2.24) is 5.32 Å². The number of nitrogens with zero attached hydrogens (tertiary/aromatic N) is 1. The van der Waals surface area contributed by atoms with Gasteiger partial charge in [-0.1, -0.05) is 6.07 Å². The van der Waals surface area contributed by atoms with Crippen molar-refractivity contribution < 1.29 is 22.7 Å². The number of alkyl halides is 3. The zero-order chi connectivity index (χ0) is 21.0. The van der Waals surface area contributed by atoms with Crippen molar-refractivity contribution >= 4 is 34.6 Å². The summed E-state index contributed by atoms with van der Waals surface area (Å²) in [5.41, 5.74) is 0.355. The summed E-state index contributed by atoms with van der Waals surface area (Å²) in [5.74, 6) is 0.0156. The normalized spacial score (nSPS) is 13.9. The molecule has 3 rings (SSSR count). The standard InChI is InChI=1S/C20H20F3N3O2S/c1-28-15-6-4-5-13(11-15)18(27)25-19(29)24-16-12-14(20(21,22)23)7-8-17(16)26-9-2-3-10-26/h4-8,11-12H,2-3,9-10H2,1H3,(H2,24,25,27,29). The Hall–Kier alpha value is -2.81. The minimum Gasteiger partial charge on any atom is -0.497 e. The molecule has 0 unspecified atom stereocenters. The predicted octanol–water partition coefficient (Wildman–Crippen LogP) is 4.44. The molecule has 0 bridgehead atoms. The fourth-order valence-corrected chi connectivity index (χ4v) is 3.34. The van der Waals surface area contributed by atoms with Crippen LogP contribution in [0, 0.1) is 0 Å². The number of carbonyl (C=O) groups is 1. The van der Waals surface area contributed by atoms with Crippen molar-refractivity contribution in [2.24, 2.45) is 0 Å². The number of benzene rings is 2. The molecule has 1 aliphatic rings. The monoisotopic (exact) mass is 423 g/mol. The van der Waals surface area contributed by atoms with Gasteiger partial charge in [0, 0.05) is 18.7 Å². The topological polar surface area (TPSA) is 53.6 Å². The molecule has 0 aromatic heterocycles. The molecule has 2 aromatic rings. The lowest BCUT2D eigenvalue weighted by molar-refractivity contribution is -0.137. The lowest BCUT2D eigenvalue weighted by Crippen LogP contribution is -2.34. The molecule has 0 radical (unpaired) electrons. The van der Waals surface area contributed by atoms with Crippen LogP contribution in [0.1, 0.15) is 28.8 Å². The van der Waals surface area contributed by atoms with E-state index in [-0.39, 0.29) is 10.8 Å². The van der Waals surface area contributed by atoms with E-state index in [1.54, 1.807) is 18.2 Å². The number of thiocarbonyl (C=S) groups is 1. The van der Waals surface area contributed by atoms with Gasteiger partial charge in [-0.15, -0.1) is 0 Å². The van der Waals surface area contributed by atoms with Crippen LogP contribution in [0.4, 0.5) is 24.5 Å². The van der Waals surface area contributed by atoms with Gasteiger partial charge in [-0.3, -0.25) is 10.1 Å². The summed E-state index contributed by atoms with van der Waals surface area (Å²) < 4.78 is 44.6. The van der Waals surface area contributed by atoms with Crippen LogP contribution in [0.15, 0.2) is 42.5 Å². The van der Waals surface area contributed by atoms with Gasteiger partial charge in [0.15, 0.2) is 5.11 Å². The Morgan fingerprint density at radius 1 is 1.14 bits per heavy atom. The molecular formula is C20H20F3N3O2S. The number of ether oxygens (including phenoxy) is 1. The third kappa shape index (κ3) is 5.17. The number of methoxy groups -OCH3 is 1. The second-order valence-electron chi connectivity index (χ2n) is 6.56. The van der Waals surface area contributed by atoms with Crippen LogP contribution in [0.5, 0.6) is 5.75 Å². The molecule has 2 aromatic carbocycles. The largest absolute Gasteiger partial charge is 0.497 e. The number of hydrogen-bond acceptors (Lipinski definition) is 4. The second kappa shape index (κ2) is 8.69. The Labute approximate surface area is 171 Å².